The van der Waals surface area contributed by atoms with Crippen LogP contribution in [-0.4, -0.2) is 26.2 Å². The van der Waals surface area contributed by atoms with Gasteiger partial charge >= 0.3 is 6.01 Å². The Morgan fingerprint density at radius 2 is 2.43 bits per heavy atom. The number of anilines is 1. The van der Waals surface area contributed by atoms with Crippen molar-refractivity contribution in [1.82, 2.24) is 19.6 Å². The van der Waals surface area contributed by atoms with Gasteiger partial charge in [-0.3, -0.25) is 0 Å². The van der Waals surface area contributed by atoms with Crippen LogP contribution >= 0.6 is 0 Å². The molecule has 2 aromatic heterocycles. The van der Waals surface area contributed by atoms with Gasteiger partial charge in [-0.2, -0.15) is 4.98 Å². The Kier molecular flexibility index (Phi) is 2.18. The van der Waals surface area contributed by atoms with Crippen molar-refractivity contribution in [2.75, 3.05) is 12.3 Å². The second-order valence-corrected chi connectivity index (χ2v) is 2.82. The predicted octanol–water partition coefficient (Wildman–Crippen LogP) is 0.495. The minimum absolute atomic E-state index is 0.287. The summed E-state index contributed by atoms with van der Waals surface area (Å²) in [6.45, 7) is 2.60. The molecule has 2 rings (SSSR count). The van der Waals surface area contributed by atoms with Gasteiger partial charge in [0.2, 0.25) is 0 Å². The van der Waals surface area contributed by atoms with Crippen LogP contribution in [0.25, 0.3) is 5.65 Å². The molecule has 0 unspecified atom stereocenters. The van der Waals surface area contributed by atoms with Crippen LogP contribution in [0.5, 0.6) is 6.01 Å². The zero-order chi connectivity index (χ0) is 9.97. The highest BCUT2D eigenvalue weighted by Gasteiger charge is 2.05. The highest BCUT2D eigenvalue weighted by molar-refractivity contribution is 5.58. The Balaban J connectivity index is 2.38. The van der Waals surface area contributed by atoms with Gasteiger partial charge in [0, 0.05) is 12.4 Å². The van der Waals surface area contributed by atoms with E-state index in [2.05, 4.69) is 15.1 Å². The third kappa shape index (κ3) is 1.46. The summed E-state index contributed by atoms with van der Waals surface area (Å²) < 4.78 is 6.81. The van der Waals surface area contributed by atoms with Gasteiger partial charge < -0.3 is 10.5 Å². The van der Waals surface area contributed by atoms with E-state index in [9.17, 15) is 0 Å². The first kappa shape index (κ1) is 8.74. The highest BCUT2D eigenvalue weighted by atomic mass is 16.5. The van der Waals surface area contributed by atoms with E-state index in [-0.39, 0.29) is 6.01 Å². The van der Waals surface area contributed by atoms with Gasteiger partial charge in [0.15, 0.2) is 11.5 Å². The average molecular weight is 193 g/mol. The summed E-state index contributed by atoms with van der Waals surface area (Å²) >= 11 is 0. The summed E-state index contributed by atoms with van der Waals surface area (Å²) in [6.07, 6.45) is 4.22. The van der Waals surface area contributed by atoms with Crippen LogP contribution in [0.1, 0.15) is 13.3 Å². The van der Waals surface area contributed by atoms with Crippen molar-refractivity contribution in [3.63, 3.8) is 0 Å². The predicted molar refractivity (Wildman–Crippen MR) is 51.0 cm³/mol. The lowest BCUT2D eigenvalue weighted by molar-refractivity contribution is 0.287. The van der Waals surface area contributed by atoms with Crippen molar-refractivity contribution < 1.29 is 4.74 Å². The Morgan fingerprint density at radius 1 is 1.57 bits per heavy atom. The number of nitrogens with two attached hydrogens (primary N) is 1. The molecule has 0 saturated carbocycles. The fourth-order valence-corrected chi connectivity index (χ4v) is 1.08. The Labute approximate surface area is 80.7 Å². The first-order valence-electron chi connectivity index (χ1n) is 4.41. The third-order valence-corrected chi connectivity index (χ3v) is 1.70. The topological polar surface area (TPSA) is 78.3 Å². The van der Waals surface area contributed by atoms with E-state index in [1.54, 1.807) is 16.9 Å². The molecule has 0 aliphatic rings. The maximum atomic E-state index is 5.66. The Morgan fingerprint density at radius 3 is 3.21 bits per heavy atom. The number of imidazole rings is 1. The van der Waals surface area contributed by atoms with Crippen LogP contribution in [0.3, 0.4) is 0 Å². The maximum absolute atomic E-state index is 5.66. The molecule has 0 spiro atoms. The molecule has 14 heavy (non-hydrogen) atoms. The molecule has 0 bridgehead atoms. The van der Waals surface area contributed by atoms with E-state index < -0.39 is 0 Å². The summed E-state index contributed by atoms with van der Waals surface area (Å²) in [5.41, 5.74) is 6.21. The van der Waals surface area contributed by atoms with Crippen molar-refractivity contribution in [3.05, 3.63) is 12.4 Å². The van der Waals surface area contributed by atoms with Crippen LogP contribution < -0.4 is 10.5 Å². The molecular formula is C8H11N5O. The Bertz CT molecular complexity index is 438. The van der Waals surface area contributed by atoms with Gasteiger partial charge in [0.25, 0.3) is 0 Å². The molecule has 0 aromatic carbocycles. The summed E-state index contributed by atoms with van der Waals surface area (Å²) in [5, 5.41) is 4.07. The molecule has 2 aromatic rings. The molecule has 0 aliphatic heterocycles. The van der Waals surface area contributed by atoms with Crippen molar-refractivity contribution in [2.45, 2.75) is 13.3 Å². The summed E-state index contributed by atoms with van der Waals surface area (Å²) in [7, 11) is 0. The van der Waals surface area contributed by atoms with Crippen LogP contribution in [-0.2, 0) is 0 Å². The fourth-order valence-electron chi connectivity index (χ4n) is 1.08. The van der Waals surface area contributed by atoms with E-state index in [0.717, 1.165) is 6.42 Å². The normalized spacial score (nSPS) is 10.6. The molecule has 0 saturated heterocycles. The fraction of sp³-hybridized carbons (Fsp3) is 0.375. The quantitative estimate of drug-likeness (QED) is 0.767. The number of ether oxygens (including phenoxy) is 1. The monoisotopic (exact) mass is 193 g/mol. The average Bonchev–Trinajstić information content (AvgIpc) is 2.63. The number of aromatic nitrogens is 4. The standard InChI is InChI=1S/C8H11N5O/c1-2-5-14-8-11-6(9)7-10-3-4-13(7)12-8/h3-4H,2,5H2,1H3,(H2,9,11,12). The molecule has 0 aliphatic carbocycles. The minimum atomic E-state index is 0.287. The number of hydrogen-bond acceptors (Lipinski definition) is 5. The smallest absolute Gasteiger partial charge is 0.336 e. The molecule has 0 amide bonds. The summed E-state index contributed by atoms with van der Waals surface area (Å²) in [5.74, 6) is 0.330. The van der Waals surface area contributed by atoms with E-state index in [1.807, 2.05) is 6.92 Å². The molecule has 0 radical (unpaired) electrons. The van der Waals surface area contributed by atoms with E-state index in [1.165, 1.54) is 0 Å². The zero-order valence-corrected chi connectivity index (χ0v) is 7.84. The molecule has 6 heteroatoms. The third-order valence-electron chi connectivity index (χ3n) is 1.70. The first-order chi connectivity index (χ1) is 6.81. The van der Waals surface area contributed by atoms with Crippen molar-refractivity contribution in [1.29, 1.82) is 0 Å². The van der Waals surface area contributed by atoms with Gasteiger partial charge in [0.05, 0.1) is 6.61 Å². The molecule has 0 fully saturated rings. The maximum Gasteiger partial charge on any atom is 0.336 e. The van der Waals surface area contributed by atoms with Crippen LogP contribution in [0.4, 0.5) is 5.82 Å². The molecule has 2 N–H and O–H groups in total. The van der Waals surface area contributed by atoms with Gasteiger partial charge in [-0.15, -0.1) is 5.10 Å². The number of nitrogens with zero attached hydrogens (tertiary/aromatic N) is 4. The van der Waals surface area contributed by atoms with Gasteiger partial charge in [0.1, 0.15) is 0 Å². The van der Waals surface area contributed by atoms with E-state index in [0.29, 0.717) is 18.1 Å². The van der Waals surface area contributed by atoms with Crippen molar-refractivity contribution in [2.24, 2.45) is 0 Å². The highest BCUT2D eigenvalue weighted by Crippen LogP contribution is 2.10. The Hall–Kier alpha value is -1.85. The van der Waals surface area contributed by atoms with Gasteiger partial charge in [-0.25, -0.2) is 9.50 Å². The molecule has 74 valence electrons. The second kappa shape index (κ2) is 3.49. The first-order valence-corrected chi connectivity index (χ1v) is 4.41. The molecule has 6 nitrogen and oxygen atoms in total. The van der Waals surface area contributed by atoms with Gasteiger partial charge in [-0.05, 0) is 6.42 Å². The largest absolute Gasteiger partial charge is 0.462 e. The lowest BCUT2D eigenvalue weighted by atomic mass is 10.5. The van der Waals surface area contributed by atoms with Crippen LogP contribution in [0.2, 0.25) is 0 Å². The van der Waals surface area contributed by atoms with Crippen LogP contribution in [0.15, 0.2) is 12.4 Å². The number of rotatable bonds is 3. The number of hydrogen-bond donors (Lipinski definition) is 1. The van der Waals surface area contributed by atoms with Crippen molar-refractivity contribution in [3.8, 4) is 6.01 Å². The minimum Gasteiger partial charge on any atom is -0.462 e. The molecule has 0 atom stereocenters. The lowest BCUT2D eigenvalue weighted by Crippen LogP contribution is -2.06. The van der Waals surface area contributed by atoms with Gasteiger partial charge in [-0.1, -0.05) is 6.92 Å². The van der Waals surface area contributed by atoms with E-state index in [4.69, 9.17) is 10.5 Å². The number of fused-ring (bicyclic) bond motifs is 1. The second-order valence-electron chi connectivity index (χ2n) is 2.82. The summed E-state index contributed by atoms with van der Waals surface area (Å²) in [6, 6.07) is 0.287. The lowest BCUT2D eigenvalue weighted by Gasteiger charge is -2.03. The number of nitrogen functional groups attached to an aromatic ring is 1. The van der Waals surface area contributed by atoms with Crippen LogP contribution in [0, 0.1) is 0 Å². The summed E-state index contributed by atoms with van der Waals surface area (Å²) in [4.78, 5) is 7.97. The molecular weight excluding hydrogens is 182 g/mol. The molecule has 2 heterocycles. The van der Waals surface area contributed by atoms with E-state index >= 15 is 0 Å². The van der Waals surface area contributed by atoms with Crippen molar-refractivity contribution >= 4 is 11.5 Å². The zero-order valence-electron chi connectivity index (χ0n) is 7.84. The SMILES string of the molecule is CCCOc1nc(N)c2nccn2n1.